The molecule has 0 spiro atoms. The van der Waals surface area contributed by atoms with Crippen molar-refractivity contribution in [2.45, 2.75) is 6.04 Å². The highest BCUT2D eigenvalue weighted by Crippen LogP contribution is 2.22. The Morgan fingerprint density at radius 1 is 0.964 bits per heavy atom. The van der Waals surface area contributed by atoms with Gasteiger partial charge in [-0.3, -0.25) is 9.69 Å². The molecule has 6 nitrogen and oxygen atoms in total. The summed E-state index contributed by atoms with van der Waals surface area (Å²) in [5, 5.41) is 13.8. The second-order valence-corrected chi connectivity index (χ2v) is 6.77. The van der Waals surface area contributed by atoms with Crippen molar-refractivity contribution in [3.05, 3.63) is 84.2 Å². The third kappa shape index (κ3) is 3.66. The highest BCUT2D eigenvalue weighted by Gasteiger charge is 2.27. The van der Waals surface area contributed by atoms with Gasteiger partial charge in [-0.25, -0.2) is 4.68 Å². The van der Waals surface area contributed by atoms with Gasteiger partial charge in [0.05, 0.1) is 11.8 Å². The number of nitriles is 1. The molecular formula is C22H21N5O. The van der Waals surface area contributed by atoms with Gasteiger partial charge in [-0.15, -0.1) is 0 Å². The summed E-state index contributed by atoms with van der Waals surface area (Å²) in [6.45, 7) is 2.60. The van der Waals surface area contributed by atoms with Crippen molar-refractivity contribution < 1.29 is 4.79 Å². The maximum absolute atomic E-state index is 12.8. The van der Waals surface area contributed by atoms with E-state index in [0.717, 1.165) is 11.3 Å². The van der Waals surface area contributed by atoms with Gasteiger partial charge in [0.1, 0.15) is 6.04 Å². The van der Waals surface area contributed by atoms with Crippen LogP contribution in [0.1, 0.15) is 22.0 Å². The van der Waals surface area contributed by atoms with E-state index in [1.165, 1.54) is 0 Å². The van der Waals surface area contributed by atoms with Crippen molar-refractivity contribution in [1.82, 2.24) is 19.6 Å². The largest absolute Gasteiger partial charge is 0.336 e. The first-order chi connectivity index (χ1) is 13.8. The SMILES string of the molecule is N#C[C@H](c1ccccc1)N1CCN(C(=O)c2ccc(-n3cccn3)cc2)CC1. The summed E-state index contributed by atoms with van der Waals surface area (Å²) in [5.41, 5.74) is 2.59. The summed E-state index contributed by atoms with van der Waals surface area (Å²) in [7, 11) is 0. The van der Waals surface area contributed by atoms with Crippen molar-refractivity contribution in [2.24, 2.45) is 0 Å². The summed E-state index contributed by atoms with van der Waals surface area (Å²) in [4.78, 5) is 16.8. The molecule has 2 aromatic carbocycles. The van der Waals surface area contributed by atoms with Crippen LogP contribution in [0.5, 0.6) is 0 Å². The van der Waals surface area contributed by atoms with Crippen LogP contribution >= 0.6 is 0 Å². The molecule has 1 amide bonds. The zero-order chi connectivity index (χ0) is 19.3. The second-order valence-electron chi connectivity index (χ2n) is 6.77. The van der Waals surface area contributed by atoms with Crippen LogP contribution in [0.4, 0.5) is 0 Å². The minimum absolute atomic E-state index is 0.0277. The fourth-order valence-corrected chi connectivity index (χ4v) is 3.55. The van der Waals surface area contributed by atoms with Crippen molar-refractivity contribution >= 4 is 5.91 Å². The minimum atomic E-state index is -0.271. The Hall–Kier alpha value is -3.43. The number of nitrogens with zero attached hydrogens (tertiary/aromatic N) is 5. The molecule has 1 aliphatic heterocycles. The Kier molecular flexibility index (Phi) is 5.18. The van der Waals surface area contributed by atoms with Crippen LogP contribution in [0.3, 0.4) is 0 Å². The lowest BCUT2D eigenvalue weighted by molar-refractivity contribution is 0.0606. The van der Waals surface area contributed by atoms with Gasteiger partial charge in [0.25, 0.3) is 5.91 Å². The van der Waals surface area contributed by atoms with E-state index >= 15 is 0 Å². The highest BCUT2D eigenvalue weighted by molar-refractivity contribution is 5.94. The van der Waals surface area contributed by atoms with E-state index in [4.69, 9.17) is 0 Å². The van der Waals surface area contributed by atoms with Crippen molar-refractivity contribution in [3.8, 4) is 11.8 Å². The molecule has 0 unspecified atom stereocenters. The minimum Gasteiger partial charge on any atom is -0.336 e. The number of hydrogen-bond donors (Lipinski definition) is 0. The number of amides is 1. The van der Waals surface area contributed by atoms with Gasteiger partial charge in [0, 0.05) is 44.1 Å². The van der Waals surface area contributed by atoms with Crippen LogP contribution in [-0.2, 0) is 0 Å². The van der Waals surface area contributed by atoms with Gasteiger partial charge >= 0.3 is 0 Å². The predicted molar refractivity (Wildman–Crippen MR) is 106 cm³/mol. The molecule has 2 heterocycles. The fourth-order valence-electron chi connectivity index (χ4n) is 3.55. The van der Waals surface area contributed by atoms with Gasteiger partial charge in [0.15, 0.2) is 0 Å². The Morgan fingerprint density at radius 2 is 1.68 bits per heavy atom. The molecule has 28 heavy (non-hydrogen) atoms. The molecule has 0 saturated carbocycles. The highest BCUT2D eigenvalue weighted by atomic mass is 16.2. The van der Waals surface area contributed by atoms with Crippen LogP contribution in [0.15, 0.2) is 73.1 Å². The molecule has 4 rings (SSSR count). The third-order valence-electron chi connectivity index (χ3n) is 5.09. The van der Waals surface area contributed by atoms with Gasteiger partial charge < -0.3 is 4.90 Å². The Bertz CT molecular complexity index is 952. The molecule has 3 aromatic rings. The first kappa shape index (κ1) is 18.0. The van der Waals surface area contributed by atoms with Crippen LogP contribution in [0, 0.1) is 11.3 Å². The van der Waals surface area contributed by atoms with Crippen LogP contribution in [0.25, 0.3) is 5.69 Å². The molecule has 6 heteroatoms. The van der Waals surface area contributed by atoms with E-state index in [9.17, 15) is 10.1 Å². The number of carbonyl (C=O) groups excluding carboxylic acids is 1. The normalized spacial score (nSPS) is 15.8. The van der Waals surface area contributed by atoms with E-state index in [1.54, 1.807) is 10.9 Å². The topological polar surface area (TPSA) is 65.2 Å². The number of hydrogen-bond acceptors (Lipinski definition) is 4. The molecule has 0 bridgehead atoms. The van der Waals surface area contributed by atoms with Gasteiger partial charge in [-0.2, -0.15) is 10.4 Å². The molecule has 140 valence electrons. The lowest BCUT2D eigenvalue weighted by Crippen LogP contribution is -2.49. The Labute approximate surface area is 164 Å². The van der Waals surface area contributed by atoms with Crippen LogP contribution in [0.2, 0.25) is 0 Å². The fraction of sp³-hybridized carbons (Fsp3) is 0.227. The Balaban J connectivity index is 1.39. The van der Waals surface area contributed by atoms with E-state index in [2.05, 4.69) is 16.1 Å². The van der Waals surface area contributed by atoms with Crippen LogP contribution in [-0.4, -0.2) is 51.7 Å². The van der Waals surface area contributed by atoms with Gasteiger partial charge in [0.2, 0.25) is 0 Å². The van der Waals surface area contributed by atoms with E-state index in [1.807, 2.05) is 71.8 Å². The summed E-state index contributed by atoms with van der Waals surface area (Å²) in [6, 6.07) is 21.3. The lowest BCUT2D eigenvalue weighted by Gasteiger charge is -2.37. The first-order valence-corrected chi connectivity index (χ1v) is 9.34. The zero-order valence-electron chi connectivity index (χ0n) is 15.5. The summed E-state index contributed by atoms with van der Waals surface area (Å²) >= 11 is 0. The molecule has 0 radical (unpaired) electrons. The van der Waals surface area contributed by atoms with Crippen molar-refractivity contribution in [2.75, 3.05) is 26.2 Å². The van der Waals surface area contributed by atoms with Crippen molar-refractivity contribution in [3.63, 3.8) is 0 Å². The quantitative estimate of drug-likeness (QED) is 0.707. The summed E-state index contributed by atoms with van der Waals surface area (Å²) in [6.07, 6.45) is 3.59. The second kappa shape index (κ2) is 8.07. The van der Waals surface area contributed by atoms with E-state index in [0.29, 0.717) is 31.7 Å². The monoisotopic (exact) mass is 371 g/mol. The van der Waals surface area contributed by atoms with Gasteiger partial charge in [-0.05, 0) is 35.9 Å². The maximum atomic E-state index is 12.8. The predicted octanol–water partition coefficient (Wildman–Crippen LogP) is 2.89. The number of piperazine rings is 1. The molecule has 1 aliphatic rings. The van der Waals surface area contributed by atoms with Crippen molar-refractivity contribution in [1.29, 1.82) is 5.26 Å². The van der Waals surface area contributed by atoms with E-state index in [-0.39, 0.29) is 11.9 Å². The smallest absolute Gasteiger partial charge is 0.253 e. The lowest BCUT2D eigenvalue weighted by atomic mass is 10.1. The standard InChI is InChI=1S/C22H21N5O/c23-17-21(18-5-2-1-3-6-18)25-13-15-26(16-14-25)22(28)19-7-9-20(10-8-19)27-12-4-11-24-27/h1-12,21H,13-16H2/t21-/m1/s1. The van der Waals surface area contributed by atoms with Crippen LogP contribution < -0.4 is 0 Å². The average Bonchev–Trinajstić information content (AvgIpc) is 3.30. The Morgan fingerprint density at radius 3 is 2.29 bits per heavy atom. The maximum Gasteiger partial charge on any atom is 0.253 e. The zero-order valence-corrected chi connectivity index (χ0v) is 15.5. The number of rotatable bonds is 4. The van der Waals surface area contributed by atoms with E-state index < -0.39 is 0 Å². The first-order valence-electron chi connectivity index (χ1n) is 9.34. The number of carbonyl (C=O) groups is 1. The molecule has 1 saturated heterocycles. The molecule has 1 fully saturated rings. The molecule has 1 aromatic heterocycles. The average molecular weight is 371 g/mol. The summed E-state index contributed by atoms with van der Waals surface area (Å²) in [5.74, 6) is 0.0277. The molecule has 1 atom stereocenters. The summed E-state index contributed by atoms with van der Waals surface area (Å²) < 4.78 is 1.76. The van der Waals surface area contributed by atoms with Gasteiger partial charge in [-0.1, -0.05) is 30.3 Å². The number of benzene rings is 2. The molecule has 0 N–H and O–H groups in total. The molecule has 0 aliphatic carbocycles. The number of aromatic nitrogens is 2. The molecular weight excluding hydrogens is 350 g/mol. The third-order valence-corrected chi connectivity index (χ3v) is 5.09.